The number of nitrogen functional groups attached to an aromatic ring is 1. The fourth-order valence-corrected chi connectivity index (χ4v) is 2.35. The van der Waals surface area contributed by atoms with Crippen LogP contribution in [0.5, 0.6) is 0 Å². The van der Waals surface area contributed by atoms with Crippen molar-refractivity contribution in [3.8, 4) is 0 Å². The molecule has 0 saturated carbocycles. The van der Waals surface area contributed by atoms with E-state index < -0.39 is 0 Å². The fraction of sp³-hybridized carbons (Fsp3) is 0.700. The molecule has 16 heavy (non-hydrogen) atoms. The summed E-state index contributed by atoms with van der Waals surface area (Å²) in [6, 6.07) is 0. The zero-order chi connectivity index (χ0) is 11.4. The van der Waals surface area contributed by atoms with Gasteiger partial charge >= 0.3 is 0 Å². The molecule has 1 aromatic rings. The summed E-state index contributed by atoms with van der Waals surface area (Å²) in [4.78, 5) is 6.55. The van der Waals surface area contributed by atoms with E-state index in [4.69, 9.17) is 10.5 Å². The predicted octanol–water partition coefficient (Wildman–Crippen LogP) is 0.858. The first-order chi connectivity index (χ1) is 7.78. The van der Waals surface area contributed by atoms with Gasteiger partial charge in [0.15, 0.2) is 5.13 Å². The summed E-state index contributed by atoms with van der Waals surface area (Å²) in [5.74, 6) is 0. The van der Waals surface area contributed by atoms with Crippen molar-refractivity contribution in [2.45, 2.75) is 13.0 Å². The molecule has 1 aliphatic rings. The Bertz CT molecular complexity index is 330. The van der Waals surface area contributed by atoms with Crippen molar-refractivity contribution in [2.75, 3.05) is 43.8 Å². The molecule has 2 heterocycles. The van der Waals surface area contributed by atoms with Gasteiger partial charge in [-0.2, -0.15) is 0 Å². The lowest BCUT2D eigenvalue weighted by molar-refractivity contribution is -0.0191. The third-order valence-corrected chi connectivity index (χ3v) is 3.46. The number of anilines is 2. The number of nitrogens with two attached hydrogens (primary N) is 1. The molecule has 0 aromatic carbocycles. The van der Waals surface area contributed by atoms with Gasteiger partial charge in [0.2, 0.25) is 0 Å². The van der Waals surface area contributed by atoms with Crippen molar-refractivity contribution < 1.29 is 4.74 Å². The van der Waals surface area contributed by atoms with Crippen LogP contribution in [0.15, 0.2) is 6.20 Å². The van der Waals surface area contributed by atoms with Gasteiger partial charge in [-0.25, -0.2) is 4.98 Å². The van der Waals surface area contributed by atoms with Crippen LogP contribution in [0, 0.1) is 0 Å². The highest BCUT2D eigenvalue weighted by molar-refractivity contribution is 7.19. The quantitative estimate of drug-likeness (QED) is 0.820. The molecule has 0 spiro atoms. The van der Waals surface area contributed by atoms with Crippen molar-refractivity contribution in [1.82, 2.24) is 9.88 Å². The van der Waals surface area contributed by atoms with Crippen LogP contribution in [0.4, 0.5) is 10.1 Å². The number of morpholine rings is 1. The molecule has 3 N–H and O–H groups in total. The van der Waals surface area contributed by atoms with Crippen molar-refractivity contribution >= 4 is 21.5 Å². The van der Waals surface area contributed by atoms with Gasteiger partial charge in [-0.1, -0.05) is 18.3 Å². The Balaban J connectivity index is 1.77. The van der Waals surface area contributed by atoms with Crippen LogP contribution in [0.25, 0.3) is 0 Å². The van der Waals surface area contributed by atoms with Crippen molar-refractivity contribution in [3.63, 3.8) is 0 Å². The summed E-state index contributed by atoms with van der Waals surface area (Å²) in [5.41, 5.74) is 5.61. The molecule has 1 aromatic heterocycles. The first-order valence-corrected chi connectivity index (χ1v) is 6.38. The molecule has 0 amide bonds. The second-order valence-corrected chi connectivity index (χ2v) is 4.90. The largest absolute Gasteiger partial charge is 0.389 e. The molecule has 1 saturated heterocycles. The lowest BCUT2D eigenvalue weighted by atomic mass is 10.2. The third kappa shape index (κ3) is 3.07. The van der Waals surface area contributed by atoms with Crippen molar-refractivity contribution in [3.05, 3.63) is 6.20 Å². The van der Waals surface area contributed by atoms with Gasteiger partial charge < -0.3 is 15.8 Å². The van der Waals surface area contributed by atoms with Gasteiger partial charge in [0.25, 0.3) is 0 Å². The van der Waals surface area contributed by atoms with Crippen molar-refractivity contribution in [1.29, 1.82) is 0 Å². The number of aromatic nitrogens is 1. The molecule has 0 radical (unpaired) electrons. The van der Waals surface area contributed by atoms with Crippen LogP contribution >= 0.6 is 11.3 Å². The lowest BCUT2D eigenvalue weighted by Crippen LogP contribution is -2.45. The van der Waals surface area contributed by atoms with Crippen LogP contribution in [0.2, 0.25) is 0 Å². The monoisotopic (exact) mass is 242 g/mol. The van der Waals surface area contributed by atoms with Crippen LogP contribution in [-0.4, -0.2) is 48.8 Å². The van der Waals surface area contributed by atoms with Crippen molar-refractivity contribution in [2.24, 2.45) is 0 Å². The maximum absolute atomic E-state index is 5.68. The summed E-state index contributed by atoms with van der Waals surface area (Å²) in [6.07, 6.45) is 1.92. The summed E-state index contributed by atoms with van der Waals surface area (Å²) in [5, 5.41) is 4.86. The second-order valence-electron chi connectivity index (χ2n) is 3.83. The molecule has 90 valence electrons. The van der Waals surface area contributed by atoms with E-state index in [2.05, 4.69) is 22.1 Å². The third-order valence-electron chi connectivity index (χ3n) is 2.67. The molecule has 2 rings (SSSR count). The molecule has 5 nitrogen and oxygen atoms in total. The minimum Gasteiger partial charge on any atom is -0.389 e. The summed E-state index contributed by atoms with van der Waals surface area (Å²) < 4.78 is 5.68. The number of thiazole rings is 1. The minimum atomic E-state index is 0.249. The standard InChI is InChI=1S/C10H18N4OS/c1-2-14-3-4-15-8(7-14)5-12-10-13-6-9(11)16-10/h6,8H,2-5,7,11H2,1H3,(H,12,13). The maximum Gasteiger partial charge on any atom is 0.184 e. The van der Waals surface area contributed by atoms with E-state index in [0.717, 1.165) is 42.9 Å². The SMILES string of the molecule is CCN1CCOC(CNc2ncc(N)s2)C1. The normalized spacial score (nSPS) is 22.2. The molecule has 1 aliphatic heterocycles. The van der Waals surface area contributed by atoms with E-state index >= 15 is 0 Å². The smallest absolute Gasteiger partial charge is 0.184 e. The van der Waals surface area contributed by atoms with Crippen LogP contribution in [0.3, 0.4) is 0 Å². The lowest BCUT2D eigenvalue weighted by Gasteiger charge is -2.32. The molecule has 1 fully saturated rings. The number of nitrogens with one attached hydrogen (secondary N) is 1. The van der Waals surface area contributed by atoms with Gasteiger partial charge in [0.05, 0.1) is 18.9 Å². The Morgan fingerprint density at radius 2 is 2.62 bits per heavy atom. The highest BCUT2D eigenvalue weighted by Gasteiger charge is 2.19. The van der Waals surface area contributed by atoms with E-state index in [9.17, 15) is 0 Å². The Kier molecular flexibility index (Phi) is 3.98. The number of hydrogen-bond acceptors (Lipinski definition) is 6. The number of ether oxygens (including phenoxy) is 1. The van der Waals surface area contributed by atoms with Crippen LogP contribution in [-0.2, 0) is 4.74 Å². The molecular formula is C10H18N4OS. The Labute approximate surface area is 99.6 Å². The average molecular weight is 242 g/mol. The first kappa shape index (κ1) is 11.6. The summed E-state index contributed by atoms with van der Waals surface area (Å²) >= 11 is 1.47. The Hall–Kier alpha value is -0.850. The fourth-order valence-electron chi connectivity index (χ4n) is 1.76. The van der Waals surface area contributed by atoms with E-state index in [0.29, 0.717) is 0 Å². The second kappa shape index (κ2) is 5.47. The zero-order valence-electron chi connectivity index (χ0n) is 9.48. The summed E-state index contributed by atoms with van der Waals surface area (Å²) in [7, 11) is 0. The Morgan fingerprint density at radius 1 is 1.75 bits per heavy atom. The van der Waals surface area contributed by atoms with Gasteiger partial charge in [0, 0.05) is 19.6 Å². The van der Waals surface area contributed by atoms with Gasteiger partial charge in [-0.3, -0.25) is 4.90 Å². The number of rotatable bonds is 4. The molecule has 1 unspecified atom stereocenters. The van der Waals surface area contributed by atoms with Gasteiger partial charge in [-0.15, -0.1) is 0 Å². The van der Waals surface area contributed by atoms with E-state index in [-0.39, 0.29) is 6.10 Å². The number of hydrogen-bond donors (Lipinski definition) is 2. The van der Waals surface area contributed by atoms with Crippen LogP contribution in [0.1, 0.15) is 6.92 Å². The zero-order valence-corrected chi connectivity index (χ0v) is 10.3. The maximum atomic E-state index is 5.68. The molecular weight excluding hydrogens is 224 g/mol. The predicted molar refractivity (Wildman–Crippen MR) is 66.9 cm³/mol. The average Bonchev–Trinajstić information content (AvgIpc) is 2.73. The number of nitrogens with zero attached hydrogens (tertiary/aromatic N) is 2. The van der Waals surface area contributed by atoms with Gasteiger partial charge in [0.1, 0.15) is 5.00 Å². The summed E-state index contributed by atoms with van der Waals surface area (Å²) in [6.45, 7) is 6.91. The van der Waals surface area contributed by atoms with E-state index in [1.807, 2.05) is 0 Å². The number of likely N-dealkylation sites (N-methyl/N-ethyl adjacent to an activating group) is 1. The van der Waals surface area contributed by atoms with Crippen LogP contribution < -0.4 is 11.1 Å². The molecule has 6 heteroatoms. The van der Waals surface area contributed by atoms with E-state index in [1.54, 1.807) is 6.20 Å². The molecule has 0 bridgehead atoms. The molecule has 0 aliphatic carbocycles. The highest BCUT2D eigenvalue weighted by Crippen LogP contribution is 2.19. The van der Waals surface area contributed by atoms with E-state index in [1.165, 1.54) is 11.3 Å². The Morgan fingerprint density at radius 3 is 3.31 bits per heavy atom. The van der Waals surface area contributed by atoms with Gasteiger partial charge in [-0.05, 0) is 6.54 Å². The first-order valence-electron chi connectivity index (χ1n) is 5.57. The molecule has 1 atom stereocenters. The minimum absolute atomic E-state index is 0.249. The highest BCUT2D eigenvalue weighted by atomic mass is 32.1. The topological polar surface area (TPSA) is 63.4 Å².